The summed E-state index contributed by atoms with van der Waals surface area (Å²) in [5.41, 5.74) is 5.33. The molecule has 0 aromatic rings. The van der Waals surface area contributed by atoms with Crippen LogP contribution >= 0.6 is 7.82 Å². The van der Waals surface area contributed by atoms with E-state index < -0.39 is 51.1 Å². The topological polar surface area (TPSA) is 184 Å². The van der Waals surface area contributed by atoms with Crippen LogP contribution in [0.25, 0.3) is 0 Å². The van der Waals surface area contributed by atoms with Gasteiger partial charge in [-0.1, -0.05) is 159 Å². The fourth-order valence-electron chi connectivity index (χ4n) is 6.21. The van der Waals surface area contributed by atoms with Gasteiger partial charge in [-0.2, -0.15) is 0 Å². The minimum Gasteiger partial charge on any atom is -0.480 e. The highest BCUT2D eigenvalue weighted by Crippen LogP contribution is 2.43. The molecule has 330 valence electrons. The fourth-order valence-corrected chi connectivity index (χ4v) is 6.99. The molecule has 1 heterocycles. The van der Waals surface area contributed by atoms with Gasteiger partial charge in [0.05, 0.1) is 25.4 Å². The molecule has 13 heteroatoms. The summed E-state index contributed by atoms with van der Waals surface area (Å²) in [6.07, 6.45) is 39.6. The third-order valence-electron chi connectivity index (χ3n) is 9.82. The minimum atomic E-state index is -4.73. The smallest absolute Gasteiger partial charge is 0.472 e. The van der Waals surface area contributed by atoms with E-state index in [-0.39, 0.29) is 19.4 Å². The summed E-state index contributed by atoms with van der Waals surface area (Å²) in [5, 5.41) is 8.89. The monoisotopic (exact) mass is 828 g/mol. The van der Waals surface area contributed by atoms with Crippen LogP contribution in [0.4, 0.5) is 0 Å². The highest BCUT2D eigenvalue weighted by Gasteiger charge is 2.36. The lowest BCUT2D eigenvalue weighted by atomic mass is 10.0. The molecule has 12 nitrogen and oxygen atoms in total. The SMILES string of the molecule is CCCCCCCCCCCCCCCCCC(=O)OC[C@H](COP(=O)(O)OC[C@H](N)C(=O)O)OC(=O)CCC/C=C\C/C=C\C/C=C\CC1OC1CCCCC. The molecule has 57 heavy (non-hydrogen) atoms. The molecule has 1 rings (SSSR count). The zero-order valence-electron chi connectivity index (χ0n) is 35.4. The van der Waals surface area contributed by atoms with Gasteiger partial charge in [0.15, 0.2) is 6.10 Å². The molecule has 0 spiro atoms. The van der Waals surface area contributed by atoms with Crippen LogP contribution in [0.2, 0.25) is 0 Å². The molecular weight excluding hydrogens is 749 g/mol. The number of allylic oxidation sites excluding steroid dienone is 5. The second kappa shape index (κ2) is 35.6. The molecule has 0 amide bonds. The van der Waals surface area contributed by atoms with Gasteiger partial charge in [-0.15, -0.1) is 0 Å². The van der Waals surface area contributed by atoms with Crippen molar-refractivity contribution in [2.24, 2.45) is 5.73 Å². The average Bonchev–Trinajstić information content (AvgIpc) is 3.94. The summed E-state index contributed by atoms with van der Waals surface area (Å²) in [6, 6.07) is -1.53. The van der Waals surface area contributed by atoms with Crippen LogP contribution in [0.3, 0.4) is 0 Å². The lowest BCUT2D eigenvalue weighted by molar-refractivity contribution is -0.161. The molecule has 1 aliphatic heterocycles. The molecule has 1 aliphatic rings. The van der Waals surface area contributed by atoms with Crippen molar-refractivity contribution < 1.29 is 52.2 Å². The third-order valence-corrected chi connectivity index (χ3v) is 10.8. The number of carbonyl (C=O) groups excluding carboxylic acids is 2. The van der Waals surface area contributed by atoms with Gasteiger partial charge in [0, 0.05) is 12.8 Å². The van der Waals surface area contributed by atoms with E-state index in [1.165, 1.54) is 96.3 Å². The average molecular weight is 828 g/mol. The third kappa shape index (κ3) is 33.2. The van der Waals surface area contributed by atoms with Gasteiger partial charge in [-0.05, 0) is 44.9 Å². The number of carboxylic acids is 1. The second-order valence-electron chi connectivity index (χ2n) is 15.2. The van der Waals surface area contributed by atoms with Crippen LogP contribution in [-0.2, 0) is 42.2 Å². The summed E-state index contributed by atoms with van der Waals surface area (Å²) in [4.78, 5) is 45.9. The van der Waals surface area contributed by atoms with E-state index >= 15 is 0 Å². The first-order valence-corrected chi connectivity index (χ1v) is 23.6. The first kappa shape index (κ1) is 52.7. The van der Waals surface area contributed by atoms with Gasteiger partial charge < -0.3 is 29.9 Å². The molecule has 1 fully saturated rings. The first-order valence-electron chi connectivity index (χ1n) is 22.1. The van der Waals surface area contributed by atoms with Gasteiger partial charge in [-0.25, -0.2) is 4.57 Å². The number of phosphoric acid groups is 1. The summed E-state index contributed by atoms with van der Waals surface area (Å²) in [6.45, 7) is 2.72. The van der Waals surface area contributed by atoms with Crippen molar-refractivity contribution >= 4 is 25.7 Å². The Hall–Kier alpha value is -2.34. The number of carbonyl (C=O) groups is 3. The van der Waals surface area contributed by atoms with Crippen LogP contribution in [0.15, 0.2) is 36.5 Å². The second-order valence-corrected chi connectivity index (χ2v) is 16.7. The van der Waals surface area contributed by atoms with E-state index in [2.05, 4.69) is 42.7 Å². The highest BCUT2D eigenvalue weighted by molar-refractivity contribution is 7.47. The Kier molecular flexibility index (Phi) is 32.9. The molecule has 0 aromatic heterocycles. The fraction of sp³-hybridized carbons (Fsp3) is 0.795. The van der Waals surface area contributed by atoms with Crippen LogP contribution in [0.1, 0.15) is 181 Å². The maximum absolute atomic E-state index is 12.6. The van der Waals surface area contributed by atoms with Crippen molar-refractivity contribution in [2.75, 3.05) is 19.8 Å². The predicted octanol–water partition coefficient (Wildman–Crippen LogP) is 10.6. The molecule has 0 radical (unpaired) electrons. The van der Waals surface area contributed by atoms with Crippen molar-refractivity contribution in [2.45, 2.75) is 205 Å². The number of esters is 2. The van der Waals surface area contributed by atoms with Crippen LogP contribution in [0.5, 0.6) is 0 Å². The molecular formula is C44H78NO11P. The summed E-state index contributed by atoms with van der Waals surface area (Å²) in [7, 11) is -4.73. The van der Waals surface area contributed by atoms with Crippen molar-refractivity contribution in [3.8, 4) is 0 Å². The zero-order chi connectivity index (χ0) is 41.8. The number of ether oxygens (including phenoxy) is 3. The Morgan fingerprint density at radius 1 is 0.649 bits per heavy atom. The van der Waals surface area contributed by atoms with Crippen molar-refractivity contribution in [3.63, 3.8) is 0 Å². The molecule has 0 bridgehead atoms. The van der Waals surface area contributed by atoms with Gasteiger partial charge in [-0.3, -0.25) is 23.4 Å². The van der Waals surface area contributed by atoms with Gasteiger partial charge >= 0.3 is 25.7 Å². The van der Waals surface area contributed by atoms with E-state index in [1.807, 2.05) is 12.2 Å². The van der Waals surface area contributed by atoms with Crippen molar-refractivity contribution in [3.05, 3.63) is 36.5 Å². The summed E-state index contributed by atoms with van der Waals surface area (Å²) < 4.78 is 38.4. The lowest BCUT2D eigenvalue weighted by Gasteiger charge is -2.20. The Balaban J connectivity index is 2.31. The number of phosphoric ester groups is 1. The molecule has 3 unspecified atom stereocenters. The molecule has 0 saturated carbocycles. The number of nitrogens with two attached hydrogens (primary N) is 1. The van der Waals surface area contributed by atoms with Crippen LogP contribution in [0, 0.1) is 0 Å². The number of hydrogen-bond acceptors (Lipinski definition) is 10. The minimum absolute atomic E-state index is 0.0828. The quantitative estimate of drug-likeness (QED) is 0.0175. The number of unbranched alkanes of at least 4 members (excludes halogenated alkanes) is 17. The normalized spacial score (nSPS) is 17.6. The van der Waals surface area contributed by atoms with Gasteiger partial charge in [0.25, 0.3) is 0 Å². The van der Waals surface area contributed by atoms with E-state index in [0.29, 0.717) is 31.5 Å². The molecule has 1 saturated heterocycles. The maximum Gasteiger partial charge on any atom is 0.472 e. The van der Waals surface area contributed by atoms with E-state index in [9.17, 15) is 23.8 Å². The van der Waals surface area contributed by atoms with Crippen LogP contribution in [-0.4, -0.2) is 72.1 Å². The number of hydrogen-bond donors (Lipinski definition) is 3. The Morgan fingerprint density at radius 2 is 1.16 bits per heavy atom. The van der Waals surface area contributed by atoms with E-state index in [4.69, 9.17) is 29.6 Å². The van der Waals surface area contributed by atoms with E-state index in [1.54, 1.807) is 0 Å². The first-order chi connectivity index (χ1) is 27.6. The number of rotatable bonds is 40. The predicted molar refractivity (Wildman–Crippen MR) is 226 cm³/mol. The molecule has 0 aliphatic carbocycles. The molecule has 0 aromatic carbocycles. The number of aliphatic carboxylic acids is 1. The van der Waals surface area contributed by atoms with Crippen molar-refractivity contribution in [1.82, 2.24) is 0 Å². The Labute approximate surface area is 344 Å². The Bertz CT molecular complexity index is 1180. The maximum atomic E-state index is 12.6. The standard InChI is InChI=1S/C44H78NO11P/c1-3-5-7-8-9-10-11-12-13-14-15-19-22-25-29-33-42(46)52-35-38(36-53-57(50,51)54-37-39(45)44(48)49)55-43(47)34-30-26-23-20-17-16-18-21-24-28-32-41-40(56-41)31-27-6-4-2/h16,18,20,23-24,28,38-41H,3-15,17,19,21-22,25-27,29-37,45H2,1-2H3,(H,48,49)(H,50,51)/b18-16-,23-20-,28-24-/t38-,39+,40?,41?/m1/s1. The highest BCUT2D eigenvalue weighted by atomic mass is 31.2. The summed E-state index contributed by atoms with van der Waals surface area (Å²) >= 11 is 0. The van der Waals surface area contributed by atoms with Crippen molar-refractivity contribution in [1.29, 1.82) is 0 Å². The number of epoxide rings is 1. The summed E-state index contributed by atoms with van der Waals surface area (Å²) in [5.74, 6) is -2.45. The van der Waals surface area contributed by atoms with E-state index in [0.717, 1.165) is 38.5 Å². The molecule has 4 N–H and O–H groups in total. The largest absolute Gasteiger partial charge is 0.480 e. The Morgan fingerprint density at radius 3 is 1.75 bits per heavy atom. The number of carboxylic acid groups (broad SMARTS) is 1. The molecule has 5 atom stereocenters. The lowest BCUT2D eigenvalue weighted by Crippen LogP contribution is -2.34. The zero-order valence-corrected chi connectivity index (χ0v) is 36.3. The van der Waals surface area contributed by atoms with Gasteiger partial charge in [0.1, 0.15) is 12.6 Å². The van der Waals surface area contributed by atoms with Gasteiger partial charge in [0.2, 0.25) is 0 Å². The van der Waals surface area contributed by atoms with Crippen LogP contribution < -0.4 is 5.73 Å².